The van der Waals surface area contributed by atoms with E-state index < -0.39 is 12.0 Å². The summed E-state index contributed by atoms with van der Waals surface area (Å²) in [7, 11) is 0. The summed E-state index contributed by atoms with van der Waals surface area (Å²) in [6, 6.07) is 6.86. The predicted octanol–water partition coefficient (Wildman–Crippen LogP) is 3.08. The molecule has 4 heterocycles. The molecule has 0 bridgehead atoms. The third kappa shape index (κ3) is 2.93. The number of rotatable bonds is 4. The second kappa shape index (κ2) is 6.98. The molecule has 0 unspecified atom stereocenters. The van der Waals surface area contributed by atoms with Crippen molar-refractivity contribution < 1.29 is 19.2 Å². The molecule has 3 aromatic heterocycles. The highest BCUT2D eigenvalue weighted by molar-refractivity contribution is 5.99. The van der Waals surface area contributed by atoms with Crippen molar-refractivity contribution in [1.29, 1.82) is 0 Å². The Hall–Kier alpha value is -4.14. The van der Waals surface area contributed by atoms with E-state index in [0.717, 1.165) is 11.6 Å². The van der Waals surface area contributed by atoms with Crippen molar-refractivity contribution in [3.05, 3.63) is 69.7 Å². The fourth-order valence-corrected chi connectivity index (χ4v) is 4.12. The molecule has 1 aliphatic heterocycles. The van der Waals surface area contributed by atoms with Crippen LogP contribution >= 0.6 is 0 Å². The highest BCUT2D eigenvalue weighted by Gasteiger charge is 2.32. The molecule has 0 fully saturated rings. The van der Waals surface area contributed by atoms with Gasteiger partial charge in [0, 0.05) is 23.4 Å². The van der Waals surface area contributed by atoms with Gasteiger partial charge in [0.15, 0.2) is 5.75 Å². The van der Waals surface area contributed by atoms with Gasteiger partial charge >= 0.3 is 11.7 Å². The van der Waals surface area contributed by atoms with Gasteiger partial charge in [-0.05, 0) is 38.1 Å². The number of hydrogen-bond acceptors (Lipinski definition) is 6. The topological polar surface area (TPSA) is 123 Å². The number of aryl methyl sites for hydroxylation is 2. The van der Waals surface area contributed by atoms with Crippen molar-refractivity contribution in [2.45, 2.75) is 19.9 Å². The lowest BCUT2D eigenvalue weighted by atomic mass is 9.97. The molecule has 2 N–H and O–H groups in total. The maximum Gasteiger partial charge on any atom is 0.328 e. The van der Waals surface area contributed by atoms with Crippen LogP contribution in [0.5, 0.6) is 5.75 Å². The van der Waals surface area contributed by atoms with Crippen LogP contribution in [-0.4, -0.2) is 37.4 Å². The number of pyridine rings is 1. The Labute approximate surface area is 175 Å². The summed E-state index contributed by atoms with van der Waals surface area (Å²) in [6.07, 6.45) is 4.15. The van der Waals surface area contributed by atoms with Gasteiger partial charge in [0.2, 0.25) is 0 Å². The number of imidazole rings is 1. The maximum absolute atomic E-state index is 13.0. The summed E-state index contributed by atoms with van der Waals surface area (Å²) in [5.41, 5.74) is 4.05. The Morgan fingerprint density at radius 1 is 1.35 bits per heavy atom. The molecular weight excluding hydrogens is 400 g/mol. The van der Waals surface area contributed by atoms with Gasteiger partial charge < -0.3 is 19.4 Å². The van der Waals surface area contributed by atoms with Crippen molar-refractivity contribution in [3.8, 4) is 16.9 Å². The van der Waals surface area contributed by atoms with E-state index in [2.05, 4.69) is 15.1 Å². The van der Waals surface area contributed by atoms with Crippen LogP contribution in [0.15, 0.2) is 45.9 Å². The minimum Gasteiger partial charge on any atom is -0.488 e. The van der Waals surface area contributed by atoms with Crippen LogP contribution in [0.4, 0.5) is 0 Å². The van der Waals surface area contributed by atoms with Crippen LogP contribution in [0.3, 0.4) is 0 Å². The van der Waals surface area contributed by atoms with E-state index in [0.29, 0.717) is 45.1 Å². The molecule has 1 aromatic carbocycles. The van der Waals surface area contributed by atoms with Crippen molar-refractivity contribution in [2.24, 2.45) is 0 Å². The molecule has 0 amide bonds. The van der Waals surface area contributed by atoms with E-state index in [1.54, 1.807) is 29.8 Å². The molecule has 0 saturated carbocycles. The van der Waals surface area contributed by atoms with E-state index in [1.165, 1.54) is 6.08 Å². The number of ether oxygens (including phenoxy) is 1. The first-order valence-electron chi connectivity index (χ1n) is 9.65. The normalized spacial score (nSPS) is 15.5. The molecule has 4 aromatic rings. The van der Waals surface area contributed by atoms with E-state index in [9.17, 15) is 9.59 Å². The summed E-state index contributed by atoms with van der Waals surface area (Å²) >= 11 is 0. The largest absolute Gasteiger partial charge is 0.488 e. The predicted molar refractivity (Wildman–Crippen MR) is 112 cm³/mol. The summed E-state index contributed by atoms with van der Waals surface area (Å²) in [5, 5.41) is 13.2. The molecule has 1 atom stereocenters. The number of nitrogens with zero attached hydrogens (tertiary/aromatic N) is 3. The van der Waals surface area contributed by atoms with Crippen LogP contribution in [0.1, 0.15) is 28.8 Å². The Morgan fingerprint density at radius 3 is 2.87 bits per heavy atom. The lowest BCUT2D eigenvalue weighted by Crippen LogP contribution is -2.31. The Bertz CT molecular complexity index is 1390. The maximum atomic E-state index is 13.0. The second-order valence-corrected chi connectivity index (χ2v) is 7.32. The average molecular weight is 418 g/mol. The molecule has 0 spiro atoms. The van der Waals surface area contributed by atoms with Gasteiger partial charge in [-0.2, -0.15) is 0 Å². The summed E-state index contributed by atoms with van der Waals surface area (Å²) in [4.78, 5) is 31.4. The van der Waals surface area contributed by atoms with E-state index in [1.807, 2.05) is 19.1 Å². The lowest BCUT2D eigenvalue weighted by Gasteiger charge is -2.26. The van der Waals surface area contributed by atoms with Gasteiger partial charge in [-0.15, -0.1) is 0 Å². The number of carboxylic acid groups (broad SMARTS) is 1. The third-order valence-electron chi connectivity index (χ3n) is 5.41. The van der Waals surface area contributed by atoms with Crippen LogP contribution < -0.4 is 10.4 Å². The van der Waals surface area contributed by atoms with Gasteiger partial charge in [-0.1, -0.05) is 11.2 Å². The van der Waals surface area contributed by atoms with E-state index >= 15 is 0 Å². The zero-order chi connectivity index (χ0) is 21.7. The first kappa shape index (κ1) is 18.9. The SMILES string of the molecule is Cc1noc(C)c1-c1cc(/C=C/C(=O)O)c2[nH]c(=O)n3c2c1OC[C@@H]3c1ccccn1. The van der Waals surface area contributed by atoms with Gasteiger partial charge in [0.1, 0.15) is 23.9 Å². The monoisotopic (exact) mass is 418 g/mol. The van der Waals surface area contributed by atoms with Crippen LogP contribution in [-0.2, 0) is 4.79 Å². The minimum absolute atomic E-state index is 0.220. The van der Waals surface area contributed by atoms with Crippen molar-refractivity contribution >= 4 is 23.1 Å². The number of nitrogens with one attached hydrogen (secondary N) is 1. The first-order valence-corrected chi connectivity index (χ1v) is 9.65. The van der Waals surface area contributed by atoms with Crippen molar-refractivity contribution in [2.75, 3.05) is 6.61 Å². The smallest absolute Gasteiger partial charge is 0.328 e. The minimum atomic E-state index is -1.09. The quantitative estimate of drug-likeness (QED) is 0.488. The number of aromatic amines is 1. The third-order valence-corrected chi connectivity index (χ3v) is 5.41. The van der Waals surface area contributed by atoms with Gasteiger partial charge in [0.25, 0.3) is 0 Å². The van der Waals surface area contributed by atoms with Crippen LogP contribution in [0, 0.1) is 13.8 Å². The molecule has 0 radical (unpaired) electrons. The highest BCUT2D eigenvalue weighted by Crippen LogP contribution is 2.44. The Morgan fingerprint density at radius 2 is 2.19 bits per heavy atom. The summed E-state index contributed by atoms with van der Waals surface area (Å²) < 4.78 is 13.2. The zero-order valence-corrected chi connectivity index (χ0v) is 16.7. The van der Waals surface area contributed by atoms with Crippen LogP contribution in [0.25, 0.3) is 28.2 Å². The molecular formula is C22H18N4O5. The van der Waals surface area contributed by atoms with Gasteiger partial charge in [-0.3, -0.25) is 9.55 Å². The highest BCUT2D eigenvalue weighted by atomic mass is 16.5. The van der Waals surface area contributed by atoms with Gasteiger partial charge in [0.05, 0.1) is 22.5 Å². The first-order chi connectivity index (χ1) is 15.0. The van der Waals surface area contributed by atoms with E-state index in [4.69, 9.17) is 14.4 Å². The second-order valence-electron chi connectivity index (χ2n) is 7.32. The molecule has 156 valence electrons. The van der Waals surface area contributed by atoms with E-state index in [-0.39, 0.29) is 12.3 Å². The molecule has 0 saturated heterocycles. The molecule has 9 nitrogen and oxygen atoms in total. The van der Waals surface area contributed by atoms with Crippen molar-refractivity contribution in [1.82, 2.24) is 19.7 Å². The zero-order valence-electron chi connectivity index (χ0n) is 16.7. The molecule has 5 rings (SSSR count). The van der Waals surface area contributed by atoms with Crippen molar-refractivity contribution in [3.63, 3.8) is 0 Å². The molecule has 1 aliphatic rings. The Balaban J connectivity index is 1.86. The standard InChI is InChI=1S/C22H18N4O5/c1-11-18(12(2)31-25-11)14-9-13(6-7-17(27)28)19-20-21(14)30-10-16(26(20)22(29)24-19)15-5-3-4-8-23-15/h3-9,16H,10H2,1-2H3,(H,24,29)(H,27,28)/b7-6+/t16-/m1/s1. The lowest BCUT2D eigenvalue weighted by molar-refractivity contribution is -0.131. The fraction of sp³-hybridized carbons (Fsp3) is 0.182. The van der Waals surface area contributed by atoms with Gasteiger partial charge in [-0.25, -0.2) is 9.59 Å². The van der Waals surface area contributed by atoms with Crippen LogP contribution in [0.2, 0.25) is 0 Å². The number of hydrogen-bond donors (Lipinski definition) is 2. The number of H-pyrrole nitrogens is 1. The summed E-state index contributed by atoms with van der Waals surface area (Å²) in [6.45, 7) is 3.83. The number of carbonyl (C=O) groups is 1. The average Bonchev–Trinajstić information content (AvgIpc) is 3.28. The number of benzene rings is 1. The number of aliphatic carboxylic acids is 1. The fourth-order valence-electron chi connectivity index (χ4n) is 4.12. The molecule has 31 heavy (non-hydrogen) atoms. The Kier molecular flexibility index (Phi) is 4.25. The molecule has 9 heteroatoms. The molecule has 0 aliphatic carbocycles. The number of aromatic nitrogens is 4. The summed E-state index contributed by atoms with van der Waals surface area (Å²) in [5.74, 6) is 0.0242. The number of carboxylic acids is 1.